The lowest BCUT2D eigenvalue weighted by Gasteiger charge is -2.18. The Morgan fingerprint density at radius 1 is 1.30 bits per heavy atom. The maximum Gasteiger partial charge on any atom is 0.254 e. The monoisotopic (exact) mass is 352 g/mol. The molecule has 0 aliphatic carbocycles. The van der Waals surface area contributed by atoms with Crippen molar-refractivity contribution in [3.8, 4) is 0 Å². The topological polar surface area (TPSA) is 46.3 Å². The van der Waals surface area contributed by atoms with Crippen LogP contribution in [-0.4, -0.2) is 17.9 Å². The lowest BCUT2D eigenvalue weighted by molar-refractivity contribution is 0.0785. The van der Waals surface area contributed by atoms with Gasteiger partial charge < -0.3 is 10.6 Å². The summed E-state index contributed by atoms with van der Waals surface area (Å²) in [5.74, 6) is -0.112. The number of nitrogen functional groups attached to an aromatic ring is 1. The smallest absolute Gasteiger partial charge is 0.254 e. The summed E-state index contributed by atoms with van der Waals surface area (Å²) in [6, 6.07) is 12.7. The van der Waals surface area contributed by atoms with E-state index in [1.165, 1.54) is 0 Å². The largest absolute Gasteiger partial charge is 0.399 e. The van der Waals surface area contributed by atoms with Gasteiger partial charge in [0.1, 0.15) is 0 Å². The lowest BCUT2D eigenvalue weighted by atomic mass is 10.1. The molecule has 0 heterocycles. The van der Waals surface area contributed by atoms with Gasteiger partial charge in [-0.15, -0.1) is 0 Å². The summed E-state index contributed by atoms with van der Waals surface area (Å²) < 4.78 is 0.989. The Balaban J connectivity index is 2.16. The summed E-state index contributed by atoms with van der Waals surface area (Å²) in [5.41, 5.74) is 7.73. The first-order chi connectivity index (χ1) is 9.45. The molecular formula is C15H14BrClN2O. The van der Waals surface area contributed by atoms with Crippen molar-refractivity contribution in [2.75, 3.05) is 12.8 Å². The number of halogens is 2. The molecule has 0 aromatic heterocycles. The molecule has 3 nitrogen and oxygen atoms in total. The molecule has 0 unspecified atom stereocenters. The molecule has 0 atom stereocenters. The van der Waals surface area contributed by atoms with Gasteiger partial charge in [0.2, 0.25) is 0 Å². The SMILES string of the molecule is CN(Cc1cccc(Br)c1)C(=O)c1cc(N)cc(Cl)c1. The maximum atomic E-state index is 12.3. The molecule has 2 N–H and O–H groups in total. The Bertz CT molecular complexity index is 625. The van der Waals surface area contributed by atoms with Crippen LogP contribution in [0.3, 0.4) is 0 Å². The Hall–Kier alpha value is -1.52. The first-order valence-electron chi connectivity index (χ1n) is 6.01. The van der Waals surface area contributed by atoms with Crippen LogP contribution in [0.1, 0.15) is 15.9 Å². The second-order valence-electron chi connectivity index (χ2n) is 4.56. The van der Waals surface area contributed by atoms with E-state index in [9.17, 15) is 4.79 Å². The van der Waals surface area contributed by atoms with Crippen LogP contribution in [0.25, 0.3) is 0 Å². The van der Waals surface area contributed by atoms with E-state index in [0.717, 1.165) is 10.0 Å². The fourth-order valence-corrected chi connectivity index (χ4v) is 2.63. The molecule has 0 fully saturated rings. The summed E-state index contributed by atoms with van der Waals surface area (Å²) >= 11 is 9.34. The van der Waals surface area contributed by atoms with Gasteiger partial charge in [0.25, 0.3) is 5.91 Å². The first-order valence-corrected chi connectivity index (χ1v) is 7.19. The quantitative estimate of drug-likeness (QED) is 0.849. The van der Waals surface area contributed by atoms with Crippen molar-refractivity contribution in [2.45, 2.75) is 6.54 Å². The van der Waals surface area contributed by atoms with E-state index in [1.807, 2.05) is 24.3 Å². The molecule has 0 bridgehead atoms. The van der Waals surface area contributed by atoms with Gasteiger partial charge in [-0.3, -0.25) is 4.79 Å². The van der Waals surface area contributed by atoms with E-state index in [2.05, 4.69) is 15.9 Å². The van der Waals surface area contributed by atoms with Crippen molar-refractivity contribution in [2.24, 2.45) is 0 Å². The number of rotatable bonds is 3. The molecule has 2 rings (SSSR count). The maximum absolute atomic E-state index is 12.3. The highest BCUT2D eigenvalue weighted by molar-refractivity contribution is 9.10. The van der Waals surface area contributed by atoms with Crippen molar-refractivity contribution in [3.63, 3.8) is 0 Å². The number of carbonyl (C=O) groups excluding carboxylic acids is 1. The third-order valence-electron chi connectivity index (χ3n) is 2.82. The lowest BCUT2D eigenvalue weighted by Crippen LogP contribution is -2.26. The number of hydrogen-bond acceptors (Lipinski definition) is 2. The van der Waals surface area contributed by atoms with Gasteiger partial charge in [-0.2, -0.15) is 0 Å². The standard InChI is InChI=1S/C15H14BrClN2O/c1-19(9-10-3-2-4-12(16)5-10)15(20)11-6-13(17)8-14(18)7-11/h2-8H,9,18H2,1H3. The fourth-order valence-electron chi connectivity index (χ4n) is 1.94. The molecule has 0 saturated carbocycles. The molecule has 0 saturated heterocycles. The van der Waals surface area contributed by atoms with Gasteiger partial charge in [0.15, 0.2) is 0 Å². The van der Waals surface area contributed by atoms with Gasteiger partial charge in [-0.1, -0.05) is 39.7 Å². The number of nitrogens with two attached hydrogens (primary N) is 1. The van der Waals surface area contributed by atoms with Crippen LogP contribution in [-0.2, 0) is 6.54 Å². The zero-order valence-corrected chi connectivity index (χ0v) is 13.3. The number of anilines is 1. The Morgan fingerprint density at radius 2 is 2.05 bits per heavy atom. The first kappa shape index (κ1) is 14.9. The molecule has 0 spiro atoms. The second kappa shape index (κ2) is 6.29. The average Bonchev–Trinajstić information content (AvgIpc) is 2.36. The van der Waals surface area contributed by atoms with Gasteiger partial charge in [-0.05, 0) is 35.9 Å². The van der Waals surface area contributed by atoms with Crippen LogP contribution in [0, 0.1) is 0 Å². The third-order valence-corrected chi connectivity index (χ3v) is 3.53. The van der Waals surface area contributed by atoms with E-state index < -0.39 is 0 Å². The van der Waals surface area contributed by atoms with Crippen LogP contribution in [0.4, 0.5) is 5.69 Å². The predicted octanol–water partition coefficient (Wildman–Crippen LogP) is 3.96. The Labute approximate surface area is 131 Å². The highest BCUT2D eigenvalue weighted by atomic mass is 79.9. The molecule has 5 heteroatoms. The van der Waals surface area contributed by atoms with Gasteiger partial charge in [0, 0.05) is 34.3 Å². The van der Waals surface area contributed by atoms with E-state index in [1.54, 1.807) is 30.1 Å². The number of benzene rings is 2. The van der Waals surface area contributed by atoms with Crippen molar-refractivity contribution < 1.29 is 4.79 Å². The minimum Gasteiger partial charge on any atom is -0.399 e. The number of amides is 1. The molecule has 0 aliphatic rings. The minimum absolute atomic E-state index is 0.112. The molecule has 1 amide bonds. The summed E-state index contributed by atoms with van der Waals surface area (Å²) in [6.07, 6.45) is 0. The Morgan fingerprint density at radius 3 is 2.70 bits per heavy atom. The van der Waals surface area contributed by atoms with E-state index in [4.69, 9.17) is 17.3 Å². The minimum atomic E-state index is -0.112. The Kier molecular flexibility index (Phi) is 4.68. The molecule has 104 valence electrons. The summed E-state index contributed by atoms with van der Waals surface area (Å²) in [4.78, 5) is 14.0. The van der Waals surface area contributed by atoms with Crippen molar-refractivity contribution >= 4 is 39.1 Å². The summed E-state index contributed by atoms with van der Waals surface area (Å²) in [5, 5.41) is 0.462. The molecular weight excluding hydrogens is 340 g/mol. The van der Waals surface area contributed by atoms with Gasteiger partial charge >= 0.3 is 0 Å². The van der Waals surface area contributed by atoms with Gasteiger partial charge in [0.05, 0.1) is 0 Å². The second-order valence-corrected chi connectivity index (χ2v) is 5.92. The molecule has 2 aromatic rings. The van der Waals surface area contributed by atoms with E-state index in [-0.39, 0.29) is 5.91 Å². The predicted molar refractivity (Wildman–Crippen MR) is 85.8 cm³/mol. The zero-order chi connectivity index (χ0) is 14.7. The fraction of sp³-hybridized carbons (Fsp3) is 0.133. The van der Waals surface area contributed by atoms with E-state index >= 15 is 0 Å². The molecule has 20 heavy (non-hydrogen) atoms. The highest BCUT2D eigenvalue weighted by Crippen LogP contribution is 2.19. The van der Waals surface area contributed by atoms with Crippen LogP contribution in [0.5, 0.6) is 0 Å². The average molecular weight is 354 g/mol. The van der Waals surface area contributed by atoms with Crippen LogP contribution < -0.4 is 5.73 Å². The van der Waals surface area contributed by atoms with Gasteiger partial charge in [-0.25, -0.2) is 0 Å². The van der Waals surface area contributed by atoms with Crippen LogP contribution in [0.15, 0.2) is 46.9 Å². The van der Waals surface area contributed by atoms with Crippen molar-refractivity contribution in [1.29, 1.82) is 0 Å². The van der Waals surface area contributed by atoms with Crippen molar-refractivity contribution in [3.05, 3.63) is 63.1 Å². The molecule has 0 radical (unpaired) electrons. The number of nitrogens with zero attached hydrogens (tertiary/aromatic N) is 1. The summed E-state index contributed by atoms with van der Waals surface area (Å²) in [7, 11) is 1.75. The molecule has 2 aromatic carbocycles. The summed E-state index contributed by atoms with van der Waals surface area (Å²) in [6.45, 7) is 0.519. The third kappa shape index (κ3) is 3.74. The number of hydrogen-bond donors (Lipinski definition) is 1. The zero-order valence-electron chi connectivity index (χ0n) is 10.9. The van der Waals surface area contributed by atoms with Crippen molar-refractivity contribution in [1.82, 2.24) is 4.90 Å². The number of carbonyl (C=O) groups is 1. The normalized spacial score (nSPS) is 10.3. The molecule has 0 aliphatic heterocycles. The van der Waals surface area contributed by atoms with Crippen LogP contribution in [0.2, 0.25) is 5.02 Å². The van der Waals surface area contributed by atoms with E-state index in [0.29, 0.717) is 22.8 Å². The highest BCUT2D eigenvalue weighted by Gasteiger charge is 2.13. The van der Waals surface area contributed by atoms with Crippen LogP contribution >= 0.6 is 27.5 Å².